The third-order valence-corrected chi connectivity index (χ3v) is 2.82. The lowest BCUT2D eigenvalue weighted by Crippen LogP contribution is -2.43. The van der Waals surface area contributed by atoms with E-state index in [1.54, 1.807) is 0 Å². The zero-order valence-corrected chi connectivity index (χ0v) is 7.64. The van der Waals surface area contributed by atoms with Crippen LogP contribution in [0.2, 0.25) is 0 Å². The van der Waals surface area contributed by atoms with Crippen LogP contribution in [-0.2, 0) is 0 Å². The topological polar surface area (TPSA) is 38.0 Å². The molecule has 0 aliphatic heterocycles. The Kier molecular flexibility index (Phi) is 3.34. The van der Waals surface area contributed by atoms with Crippen LogP contribution < -0.4 is 11.1 Å². The van der Waals surface area contributed by atoms with Crippen molar-refractivity contribution in [3.05, 3.63) is 0 Å². The van der Waals surface area contributed by atoms with E-state index in [1.165, 1.54) is 25.7 Å². The Hall–Kier alpha value is -0.0800. The summed E-state index contributed by atoms with van der Waals surface area (Å²) in [6.07, 6.45) is 5.60. The Balaban J connectivity index is 2.33. The molecule has 1 aliphatic rings. The summed E-state index contributed by atoms with van der Waals surface area (Å²) in [5.74, 6) is 1.59. The molecule has 0 saturated heterocycles. The zero-order valence-electron chi connectivity index (χ0n) is 7.64. The molecule has 0 radical (unpaired) electrons. The van der Waals surface area contributed by atoms with E-state index in [1.807, 2.05) is 7.05 Å². The molecule has 1 aliphatic carbocycles. The lowest BCUT2D eigenvalue weighted by atomic mass is 9.81. The highest BCUT2D eigenvalue weighted by Crippen LogP contribution is 2.29. The van der Waals surface area contributed by atoms with Crippen molar-refractivity contribution in [2.24, 2.45) is 17.6 Å². The third-order valence-electron chi connectivity index (χ3n) is 2.82. The minimum absolute atomic E-state index is 0.220. The Morgan fingerprint density at radius 1 is 1.45 bits per heavy atom. The highest BCUT2D eigenvalue weighted by molar-refractivity contribution is 4.76. The van der Waals surface area contributed by atoms with Crippen molar-refractivity contribution in [2.45, 2.75) is 38.8 Å². The minimum atomic E-state index is 0.220. The Labute approximate surface area is 69.5 Å². The molecule has 0 aromatic carbocycles. The standard InChI is InChI=1S/C9H20N2/c1-7-4-3-5-8(6-7)9(10)11-2/h7-9,11H,3-6,10H2,1-2H3/t7-,8?,9+/m1/s1. The molecule has 66 valence electrons. The summed E-state index contributed by atoms with van der Waals surface area (Å²) in [4.78, 5) is 0. The van der Waals surface area contributed by atoms with E-state index < -0.39 is 0 Å². The first-order valence-corrected chi connectivity index (χ1v) is 4.67. The van der Waals surface area contributed by atoms with Crippen molar-refractivity contribution in [3.8, 4) is 0 Å². The fraction of sp³-hybridized carbons (Fsp3) is 1.00. The van der Waals surface area contributed by atoms with Crippen molar-refractivity contribution in [3.63, 3.8) is 0 Å². The van der Waals surface area contributed by atoms with Gasteiger partial charge in [0.05, 0.1) is 6.17 Å². The molecule has 11 heavy (non-hydrogen) atoms. The Morgan fingerprint density at radius 2 is 2.18 bits per heavy atom. The van der Waals surface area contributed by atoms with Gasteiger partial charge in [0.25, 0.3) is 0 Å². The van der Waals surface area contributed by atoms with Crippen LogP contribution in [0.1, 0.15) is 32.6 Å². The first-order chi connectivity index (χ1) is 5.24. The van der Waals surface area contributed by atoms with E-state index in [-0.39, 0.29) is 6.17 Å². The van der Waals surface area contributed by atoms with Gasteiger partial charge in [0.1, 0.15) is 0 Å². The van der Waals surface area contributed by atoms with E-state index in [0.717, 1.165) is 5.92 Å². The molecule has 1 saturated carbocycles. The first-order valence-electron chi connectivity index (χ1n) is 4.67. The average molecular weight is 156 g/mol. The van der Waals surface area contributed by atoms with Crippen LogP contribution >= 0.6 is 0 Å². The van der Waals surface area contributed by atoms with Crippen LogP contribution in [0.5, 0.6) is 0 Å². The van der Waals surface area contributed by atoms with E-state index in [2.05, 4.69) is 12.2 Å². The summed E-state index contributed by atoms with van der Waals surface area (Å²) in [7, 11) is 1.95. The number of hydrogen-bond donors (Lipinski definition) is 2. The van der Waals surface area contributed by atoms with Gasteiger partial charge in [0.2, 0.25) is 0 Å². The minimum Gasteiger partial charge on any atom is -0.316 e. The molecule has 2 heteroatoms. The molecule has 3 atom stereocenters. The van der Waals surface area contributed by atoms with Crippen LogP contribution in [0.25, 0.3) is 0 Å². The molecule has 0 spiro atoms. The Morgan fingerprint density at radius 3 is 2.73 bits per heavy atom. The van der Waals surface area contributed by atoms with Gasteiger partial charge in [-0.05, 0) is 31.7 Å². The van der Waals surface area contributed by atoms with Gasteiger partial charge in [-0.15, -0.1) is 0 Å². The maximum atomic E-state index is 5.90. The second-order valence-electron chi connectivity index (χ2n) is 3.85. The van der Waals surface area contributed by atoms with Gasteiger partial charge in [-0.1, -0.05) is 19.8 Å². The number of rotatable bonds is 2. The molecule has 0 bridgehead atoms. The summed E-state index contributed by atoms with van der Waals surface area (Å²) in [6.45, 7) is 2.33. The SMILES string of the molecule is CN[C@H](N)C1CCC[C@@H](C)C1. The van der Waals surface area contributed by atoms with Crippen LogP contribution in [0.4, 0.5) is 0 Å². The molecule has 1 rings (SSSR count). The summed E-state index contributed by atoms with van der Waals surface area (Å²) in [5.41, 5.74) is 5.90. The normalized spacial score (nSPS) is 35.2. The van der Waals surface area contributed by atoms with Crippen molar-refractivity contribution in [2.75, 3.05) is 7.05 Å². The summed E-state index contributed by atoms with van der Waals surface area (Å²) < 4.78 is 0. The summed E-state index contributed by atoms with van der Waals surface area (Å²) in [5, 5.41) is 3.13. The molecule has 0 aromatic rings. The molecule has 2 nitrogen and oxygen atoms in total. The first kappa shape index (κ1) is 9.01. The number of nitrogens with one attached hydrogen (secondary N) is 1. The highest BCUT2D eigenvalue weighted by Gasteiger charge is 2.22. The third kappa shape index (κ3) is 2.46. The molecule has 0 amide bonds. The second-order valence-corrected chi connectivity index (χ2v) is 3.85. The number of hydrogen-bond acceptors (Lipinski definition) is 2. The van der Waals surface area contributed by atoms with Gasteiger partial charge >= 0.3 is 0 Å². The van der Waals surface area contributed by atoms with E-state index in [9.17, 15) is 0 Å². The fourth-order valence-electron chi connectivity index (χ4n) is 2.04. The van der Waals surface area contributed by atoms with Crippen LogP contribution in [0, 0.1) is 11.8 Å². The average Bonchev–Trinajstić information content (AvgIpc) is 2.03. The van der Waals surface area contributed by atoms with Gasteiger partial charge in [-0.3, -0.25) is 0 Å². The van der Waals surface area contributed by atoms with Crippen LogP contribution in [0.15, 0.2) is 0 Å². The maximum Gasteiger partial charge on any atom is 0.0572 e. The zero-order chi connectivity index (χ0) is 8.27. The predicted molar refractivity (Wildman–Crippen MR) is 48.2 cm³/mol. The van der Waals surface area contributed by atoms with Crippen molar-refractivity contribution >= 4 is 0 Å². The Bertz CT molecular complexity index is 114. The maximum absolute atomic E-state index is 5.90. The second kappa shape index (κ2) is 4.07. The predicted octanol–water partition coefficient (Wildman–Crippen LogP) is 1.32. The van der Waals surface area contributed by atoms with Crippen molar-refractivity contribution < 1.29 is 0 Å². The van der Waals surface area contributed by atoms with Gasteiger partial charge in [0, 0.05) is 0 Å². The van der Waals surface area contributed by atoms with Gasteiger partial charge in [0.15, 0.2) is 0 Å². The molecule has 1 fully saturated rings. The molecular formula is C9H20N2. The largest absolute Gasteiger partial charge is 0.316 e. The quantitative estimate of drug-likeness (QED) is 0.592. The van der Waals surface area contributed by atoms with Gasteiger partial charge in [-0.2, -0.15) is 0 Å². The van der Waals surface area contributed by atoms with Gasteiger partial charge in [-0.25, -0.2) is 0 Å². The molecule has 1 unspecified atom stereocenters. The fourth-order valence-corrected chi connectivity index (χ4v) is 2.04. The smallest absolute Gasteiger partial charge is 0.0572 e. The van der Waals surface area contributed by atoms with Crippen LogP contribution in [0.3, 0.4) is 0 Å². The highest BCUT2D eigenvalue weighted by atomic mass is 15.0. The lowest BCUT2D eigenvalue weighted by molar-refractivity contribution is 0.231. The van der Waals surface area contributed by atoms with Crippen LogP contribution in [-0.4, -0.2) is 13.2 Å². The lowest BCUT2D eigenvalue weighted by Gasteiger charge is -2.30. The molecular weight excluding hydrogens is 136 g/mol. The number of nitrogens with two attached hydrogens (primary N) is 1. The van der Waals surface area contributed by atoms with Gasteiger partial charge < -0.3 is 11.1 Å². The molecule has 0 aromatic heterocycles. The van der Waals surface area contributed by atoms with E-state index in [4.69, 9.17) is 5.73 Å². The molecule has 3 N–H and O–H groups in total. The van der Waals surface area contributed by atoms with Crippen molar-refractivity contribution in [1.82, 2.24) is 5.32 Å². The van der Waals surface area contributed by atoms with Crippen molar-refractivity contribution in [1.29, 1.82) is 0 Å². The monoisotopic (exact) mass is 156 g/mol. The van der Waals surface area contributed by atoms with E-state index in [0.29, 0.717) is 5.92 Å². The van der Waals surface area contributed by atoms with E-state index >= 15 is 0 Å². The molecule has 0 heterocycles. The summed E-state index contributed by atoms with van der Waals surface area (Å²) in [6, 6.07) is 0. The summed E-state index contributed by atoms with van der Waals surface area (Å²) >= 11 is 0.